The third kappa shape index (κ3) is 3.11. The molecule has 0 N–H and O–H groups in total. The normalized spacial score (nSPS) is 24.7. The van der Waals surface area contributed by atoms with Crippen LogP contribution in [0.25, 0.3) is 0 Å². The first kappa shape index (κ1) is 15.8. The first-order valence-electron chi connectivity index (χ1n) is 9.53. The predicted octanol–water partition coefficient (Wildman–Crippen LogP) is 4.09. The molecule has 0 radical (unpaired) electrons. The van der Waals surface area contributed by atoms with Gasteiger partial charge in [0, 0.05) is 18.9 Å². The van der Waals surface area contributed by atoms with Crippen LogP contribution in [0.2, 0.25) is 0 Å². The second kappa shape index (κ2) is 7.04. The van der Waals surface area contributed by atoms with Gasteiger partial charge in [-0.25, -0.2) is 0 Å². The number of carbonyl (C=O) groups is 1. The Morgan fingerprint density at radius 1 is 0.917 bits per heavy atom. The van der Waals surface area contributed by atoms with Gasteiger partial charge in [-0.2, -0.15) is 0 Å². The van der Waals surface area contributed by atoms with Gasteiger partial charge < -0.3 is 14.4 Å². The van der Waals surface area contributed by atoms with Crippen molar-refractivity contribution in [1.82, 2.24) is 4.90 Å². The van der Waals surface area contributed by atoms with Crippen LogP contribution >= 0.6 is 0 Å². The summed E-state index contributed by atoms with van der Waals surface area (Å²) in [6, 6.07) is 6.43. The summed E-state index contributed by atoms with van der Waals surface area (Å²) in [4.78, 5) is 15.1. The van der Waals surface area contributed by atoms with E-state index < -0.39 is 0 Å². The molecule has 1 aromatic rings. The van der Waals surface area contributed by atoms with Crippen LogP contribution in [0.15, 0.2) is 18.2 Å². The van der Waals surface area contributed by atoms with Crippen LogP contribution in [-0.2, 0) is 4.79 Å². The molecule has 3 aliphatic rings. The van der Waals surface area contributed by atoms with Crippen LogP contribution in [0.4, 0.5) is 0 Å². The predicted molar refractivity (Wildman–Crippen MR) is 92.3 cm³/mol. The number of carbonyl (C=O) groups excluding carboxylic acids is 1. The summed E-state index contributed by atoms with van der Waals surface area (Å²) in [5.74, 6) is 2.30. The highest BCUT2D eigenvalue weighted by atomic mass is 16.5. The number of rotatable bonds is 2. The molecule has 1 saturated heterocycles. The van der Waals surface area contributed by atoms with Crippen LogP contribution in [0, 0.1) is 5.92 Å². The number of amides is 1. The molecule has 1 aromatic carbocycles. The van der Waals surface area contributed by atoms with E-state index in [0.717, 1.165) is 50.1 Å². The maximum absolute atomic E-state index is 13.0. The van der Waals surface area contributed by atoms with Crippen molar-refractivity contribution in [3.05, 3.63) is 23.8 Å². The van der Waals surface area contributed by atoms with E-state index in [1.807, 2.05) is 6.07 Å². The number of benzene rings is 1. The highest BCUT2D eigenvalue weighted by Crippen LogP contribution is 2.39. The Balaban J connectivity index is 1.54. The topological polar surface area (TPSA) is 38.8 Å². The van der Waals surface area contributed by atoms with E-state index in [4.69, 9.17) is 9.47 Å². The van der Waals surface area contributed by atoms with Crippen LogP contribution < -0.4 is 9.47 Å². The Hall–Kier alpha value is -1.71. The first-order valence-corrected chi connectivity index (χ1v) is 9.53. The summed E-state index contributed by atoms with van der Waals surface area (Å²) in [6.07, 6.45) is 8.91. The lowest BCUT2D eigenvalue weighted by Gasteiger charge is -2.31. The molecule has 1 atom stereocenters. The number of nitrogens with zero attached hydrogens (tertiary/aromatic N) is 1. The highest BCUT2D eigenvalue weighted by Gasteiger charge is 2.34. The molecule has 1 aliphatic carbocycles. The summed E-state index contributed by atoms with van der Waals surface area (Å²) < 4.78 is 11.6. The molecule has 2 aliphatic heterocycles. The molecular weight excluding hydrogens is 302 g/mol. The van der Waals surface area contributed by atoms with Gasteiger partial charge in [-0.1, -0.05) is 25.3 Å². The molecule has 24 heavy (non-hydrogen) atoms. The molecule has 2 fully saturated rings. The van der Waals surface area contributed by atoms with E-state index in [9.17, 15) is 4.79 Å². The third-order valence-corrected chi connectivity index (χ3v) is 5.65. The Morgan fingerprint density at radius 3 is 2.54 bits per heavy atom. The molecular formula is C20H27NO3. The maximum Gasteiger partial charge on any atom is 0.226 e. The minimum absolute atomic E-state index is 0.205. The molecule has 0 spiro atoms. The average Bonchev–Trinajstić information content (AvgIpc) is 3.00. The van der Waals surface area contributed by atoms with Gasteiger partial charge in [0.1, 0.15) is 0 Å². The van der Waals surface area contributed by atoms with Crippen molar-refractivity contribution in [1.29, 1.82) is 0 Å². The summed E-state index contributed by atoms with van der Waals surface area (Å²) in [5, 5.41) is 0. The summed E-state index contributed by atoms with van der Waals surface area (Å²) in [6.45, 7) is 2.31. The van der Waals surface area contributed by atoms with Gasteiger partial charge in [0.25, 0.3) is 0 Å². The fourth-order valence-corrected chi connectivity index (χ4v) is 4.35. The summed E-state index contributed by atoms with van der Waals surface area (Å²) in [5.41, 5.74) is 1.20. The van der Waals surface area contributed by atoms with Crippen molar-refractivity contribution in [3.63, 3.8) is 0 Å². The highest BCUT2D eigenvalue weighted by molar-refractivity contribution is 5.79. The number of fused-ring (bicyclic) bond motifs is 1. The van der Waals surface area contributed by atoms with E-state index in [1.165, 1.54) is 24.8 Å². The zero-order chi connectivity index (χ0) is 16.4. The molecule has 0 unspecified atom stereocenters. The van der Waals surface area contributed by atoms with Gasteiger partial charge in [-0.15, -0.1) is 0 Å². The van der Waals surface area contributed by atoms with Crippen molar-refractivity contribution in [2.24, 2.45) is 5.92 Å². The lowest BCUT2D eigenvalue weighted by atomic mass is 9.88. The van der Waals surface area contributed by atoms with E-state index in [2.05, 4.69) is 17.0 Å². The molecule has 0 bridgehead atoms. The number of ether oxygens (including phenoxy) is 2. The molecule has 2 heterocycles. The zero-order valence-electron chi connectivity index (χ0n) is 14.3. The van der Waals surface area contributed by atoms with Crippen molar-refractivity contribution in [2.45, 2.75) is 57.4 Å². The second-order valence-electron chi connectivity index (χ2n) is 7.28. The van der Waals surface area contributed by atoms with E-state index in [-0.39, 0.29) is 12.0 Å². The average molecular weight is 329 g/mol. The standard InChI is InChI=1S/C20H27NO3/c22-20(15-6-2-1-3-7-15)21-11-4-8-17(21)16-9-10-18-19(14-16)24-13-5-12-23-18/h9-10,14-15,17H,1-8,11-13H2/t17-/m0/s1. The molecule has 0 aromatic heterocycles. The Morgan fingerprint density at radius 2 is 1.71 bits per heavy atom. The monoisotopic (exact) mass is 329 g/mol. The summed E-state index contributed by atoms with van der Waals surface area (Å²) >= 11 is 0. The van der Waals surface area contributed by atoms with Gasteiger partial charge in [0.05, 0.1) is 19.3 Å². The molecule has 4 heteroatoms. The van der Waals surface area contributed by atoms with Crippen LogP contribution in [0.3, 0.4) is 0 Å². The van der Waals surface area contributed by atoms with E-state index in [0.29, 0.717) is 19.1 Å². The van der Waals surface area contributed by atoms with Crippen LogP contribution in [0.5, 0.6) is 11.5 Å². The fourth-order valence-electron chi connectivity index (χ4n) is 4.35. The lowest BCUT2D eigenvalue weighted by Crippen LogP contribution is -2.36. The maximum atomic E-state index is 13.0. The third-order valence-electron chi connectivity index (χ3n) is 5.65. The number of likely N-dealkylation sites (tertiary alicyclic amines) is 1. The van der Waals surface area contributed by atoms with Gasteiger partial charge in [-0.05, 0) is 43.4 Å². The van der Waals surface area contributed by atoms with Crippen molar-refractivity contribution >= 4 is 5.91 Å². The van der Waals surface area contributed by atoms with Crippen molar-refractivity contribution in [3.8, 4) is 11.5 Å². The van der Waals surface area contributed by atoms with Crippen molar-refractivity contribution < 1.29 is 14.3 Å². The lowest BCUT2D eigenvalue weighted by molar-refractivity contribution is -0.137. The number of hydrogen-bond donors (Lipinski definition) is 0. The van der Waals surface area contributed by atoms with Gasteiger partial charge in [0.2, 0.25) is 5.91 Å². The molecule has 1 saturated carbocycles. The zero-order valence-corrected chi connectivity index (χ0v) is 14.3. The molecule has 4 nitrogen and oxygen atoms in total. The van der Waals surface area contributed by atoms with Crippen molar-refractivity contribution in [2.75, 3.05) is 19.8 Å². The fraction of sp³-hybridized carbons (Fsp3) is 0.650. The molecule has 1 amide bonds. The largest absolute Gasteiger partial charge is 0.490 e. The second-order valence-corrected chi connectivity index (χ2v) is 7.28. The Kier molecular flexibility index (Phi) is 4.63. The smallest absolute Gasteiger partial charge is 0.226 e. The van der Waals surface area contributed by atoms with Crippen LogP contribution in [0.1, 0.15) is 63.0 Å². The quantitative estimate of drug-likeness (QED) is 0.820. The van der Waals surface area contributed by atoms with Crippen LogP contribution in [-0.4, -0.2) is 30.6 Å². The first-order chi connectivity index (χ1) is 11.8. The number of hydrogen-bond acceptors (Lipinski definition) is 3. The van der Waals surface area contributed by atoms with Gasteiger partial charge in [0.15, 0.2) is 11.5 Å². The minimum atomic E-state index is 0.205. The molecule has 130 valence electrons. The van der Waals surface area contributed by atoms with Gasteiger partial charge in [-0.3, -0.25) is 4.79 Å². The Labute approximate surface area is 144 Å². The Bertz CT molecular complexity index is 595. The van der Waals surface area contributed by atoms with E-state index in [1.54, 1.807) is 0 Å². The minimum Gasteiger partial charge on any atom is -0.490 e. The molecule has 4 rings (SSSR count). The van der Waals surface area contributed by atoms with E-state index >= 15 is 0 Å². The van der Waals surface area contributed by atoms with Gasteiger partial charge >= 0.3 is 0 Å². The summed E-state index contributed by atoms with van der Waals surface area (Å²) in [7, 11) is 0. The SMILES string of the molecule is O=C(C1CCCCC1)N1CCC[C@H]1c1ccc2c(c1)OCCCO2.